The molecule has 2 rings (SSSR count). The first kappa shape index (κ1) is 9.83. The fourth-order valence-electron chi connectivity index (χ4n) is 1.46. The van der Waals surface area contributed by atoms with Gasteiger partial charge in [0, 0.05) is 12.1 Å². The summed E-state index contributed by atoms with van der Waals surface area (Å²) in [4.78, 5) is 15.7. The van der Waals surface area contributed by atoms with Crippen molar-refractivity contribution < 1.29 is 10.0 Å². The van der Waals surface area contributed by atoms with Crippen molar-refractivity contribution in [3.63, 3.8) is 0 Å². The van der Waals surface area contributed by atoms with Crippen LogP contribution in [0.25, 0.3) is 0 Å². The second-order valence-electron chi connectivity index (χ2n) is 3.68. The Morgan fingerprint density at radius 2 is 2.33 bits per heavy atom. The van der Waals surface area contributed by atoms with Gasteiger partial charge in [-0.2, -0.15) is 0 Å². The van der Waals surface area contributed by atoms with Gasteiger partial charge in [-0.25, -0.2) is 0 Å². The number of Topliss-reactive ketones (excluding diaryl/α,β-unsaturated/α-hetero) is 1. The van der Waals surface area contributed by atoms with Gasteiger partial charge in [-0.15, -0.1) is 0 Å². The predicted molar refractivity (Wildman–Crippen MR) is 55.1 cm³/mol. The summed E-state index contributed by atoms with van der Waals surface area (Å²) in [5, 5.41) is 11.9. The van der Waals surface area contributed by atoms with E-state index < -0.39 is 0 Å². The second kappa shape index (κ2) is 4.21. The van der Waals surface area contributed by atoms with Gasteiger partial charge < -0.3 is 5.21 Å². The number of pyridine rings is 1. The molecule has 0 amide bonds. The summed E-state index contributed by atoms with van der Waals surface area (Å²) in [7, 11) is 0. The van der Waals surface area contributed by atoms with Crippen molar-refractivity contribution in [3.05, 3.63) is 30.1 Å². The summed E-state index contributed by atoms with van der Waals surface area (Å²) >= 11 is 0. The summed E-state index contributed by atoms with van der Waals surface area (Å²) in [6, 6.07) is 5.20. The summed E-state index contributed by atoms with van der Waals surface area (Å²) in [5.74, 6) is 0.220. The van der Waals surface area contributed by atoms with E-state index in [9.17, 15) is 4.79 Å². The van der Waals surface area contributed by atoms with Crippen molar-refractivity contribution in [3.8, 4) is 0 Å². The molecule has 0 spiro atoms. The Morgan fingerprint density at radius 1 is 1.53 bits per heavy atom. The van der Waals surface area contributed by atoms with Gasteiger partial charge >= 0.3 is 0 Å². The van der Waals surface area contributed by atoms with Gasteiger partial charge in [0.2, 0.25) is 0 Å². The van der Waals surface area contributed by atoms with Crippen LogP contribution >= 0.6 is 0 Å². The Balaban J connectivity index is 2.03. The molecule has 0 aromatic carbocycles. The number of rotatable bonds is 4. The van der Waals surface area contributed by atoms with Crippen LogP contribution in [0, 0.1) is 5.92 Å². The van der Waals surface area contributed by atoms with Gasteiger partial charge in [0.05, 0.1) is 12.1 Å². The summed E-state index contributed by atoms with van der Waals surface area (Å²) < 4.78 is 0. The van der Waals surface area contributed by atoms with E-state index >= 15 is 0 Å². The van der Waals surface area contributed by atoms with Crippen molar-refractivity contribution in [2.45, 2.75) is 19.3 Å². The van der Waals surface area contributed by atoms with E-state index in [1.807, 2.05) is 0 Å². The lowest BCUT2D eigenvalue weighted by Crippen LogP contribution is -2.11. The third-order valence-corrected chi connectivity index (χ3v) is 2.47. The van der Waals surface area contributed by atoms with Crippen molar-refractivity contribution in [2.24, 2.45) is 11.1 Å². The zero-order chi connectivity index (χ0) is 10.7. The number of hydrogen-bond donors (Lipinski definition) is 1. The van der Waals surface area contributed by atoms with Crippen LogP contribution in [0.1, 0.15) is 29.8 Å². The molecule has 1 N–H and O–H groups in total. The quantitative estimate of drug-likeness (QED) is 0.352. The smallest absolute Gasteiger partial charge is 0.186 e. The average Bonchev–Trinajstić information content (AvgIpc) is 3.10. The minimum atomic E-state index is -0.0877. The monoisotopic (exact) mass is 204 g/mol. The zero-order valence-electron chi connectivity index (χ0n) is 8.26. The van der Waals surface area contributed by atoms with Crippen LogP contribution in [-0.2, 0) is 0 Å². The van der Waals surface area contributed by atoms with Gasteiger partial charge in [0.15, 0.2) is 5.78 Å². The lowest BCUT2D eigenvalue weighted by Gasteiger charge is -2.00. The molecule has 0 unspecified atom stereocenters. The zero-order valence-corrected chi connectivity index (χ0v) is 8.26. The maximum atomic E-state index is 11.7. The van der Waals surface area contributed by atoms with E-state index in [1.165, 1.54) is 0 Å². The highest BCUT2D eigenvalue weighted by atomic mass is 16.4. The maximum absolute atomic E-state index is 11.7. The summed E-state index contributed by atoms with van der Waals surface area (Å²) in [6.45, 7) is 0. The predicted octanol–water partition coefficient (Wildman–Crippen LogP) is 1.89. The SMILES string of the molecule is O=C(C/C(=N/O)C1CC1)c1ccccn1. The molecular formula is C11H12N2O2. The normalized spacial score (nSPS) is 16.4. The molecule has 1 aliphatic carbocycles. The van der Waals surface area contributed by atoms with Crippen molar-refractivity contribution in [1.82, 2.24) is 4.98 Å². The number of aromatic nitrogens is 1. The minimum Gasteiger partial charge on any atom is -0.411 e. The molecule has 1 aromatic rings. The average molecular weight is 204 g/mol. The fraction of sp³-hybridized carbons (Fsp3) is 0.364. The van der Waals surface area contributed by atoms with E-state index in [4.69, 9.17) is 5.21 Å². The number of hydrogen-bond acceptors (Lipinski definition) is 4. The molecule has 1 fully saturated rings. The first-order chi connectivity index (χ1) is 7.31. The van der Waals surface area contributed by atoms with Crippen LogP contribution in [0.3, 0.4) is 0 Å². The third kappa shape index (κ3) is 2.40. The Morgan fingerprint density at radius 3 is 2.87 bits per heavy atom. The Labute approximate surface area is 87.6 Å². The second-order valence-corrected chi connectivity index (χ2v) is 3.68. The Kier molecular flexibility index (Phi) is 2.76. The highest BCUT2D eigenvalue weighted by Crippen LogP contribution is 2.32. The number of carbonyl (C=O) groups excluding carboxylic acids is 1. The van der Waals surface area contributed by atoms with Gasteiger partial charge in [0.1, 0.15) is 5.69 Å². The van der Waals surface area contributed by atoms with E-state index in [1.54, 1.807) is 24.4 Å². The number of ketones is 1. The molecule has 0 radical (unpaired) electrons. The van der Waals surface area contributed by atoms with Crippen LogP contribution in [0.4, 0.5) is 0 Å². The molecule has 0 aliphatic heterocycles. The molecule has 15 heavy (non-hydrogen) atoms. The first-order valence-electron chi connectivity index (χ1n) is 4.96. The standard InChI is InChI=1S/C11H12N2O2/c14-11(9-3-1-2-6-12-9)7-10(13-15)8-4-5-8/h1-3,6,8,15H,4-5,7H2/b13-10-. The van der Waals surface area contributed by atoms with Gasteiger partial charge in [-0.1, -0.05) is 11.2 Å². The fourth-order valence-corrected chi connectivity index (χ4v) is 1.46. The largest absolute Gasteiger partial charge is 0.411 e. The molecule has 0 bridgehead atoms. The number of nitrogens with zero attached hydrogens (tertiary/aromatic N) is 2. The van der Waals surface area contributed by atoms with E-state index in [2.05, 4.69) is 10.1 Å². The van der Waals surface area contributed by atoms with E-state index in [-0.39, 0.29) is 12.2 Å². The van der Waals surface area contributed by atoms with Crippen LogP contribution in [0.5, 0.6) is 0 Å². The Bertz CT molecular complexity index is 383. The van der Waals surface area contributed by atoms with Crippen molar-refractivity contribution in [1.29, 1.82) is 0 Å². The minimum absolute atomic E-state index is 0.0877. The Hall–Kier alpha value is -1.71. The van der Waals surface area contributed by atoms with E-state index in [0.717, 1.165) is 12.8 Å². The molecule has 0 saturated heterocycles. The topological polar surface area (TPSA) is 62.5 Å². The van der Waals surface area contributed by atoms with Crippen LogP contribution in [-0.4, -0.2) is 21.7 Å². The van der Waals surface area contributed by atoms with E-state index in [0.29, 0.717) is 17.3 Å². The molecule has 78 valence electrons. The summed E-state index contributed by atoms with van der Waals surface area (Å²) in [5.41, 5.74) is 1.02. The van der Waals surface area contributed by atoms with Gasteiger partial charge in [-0.3, -0.25) is 9.78 Å². The van der Waals surface area contributed by atoms with Crippen LogP contribution in [0.2, 0.25) is 0 Å². The van der Waals surface area contributed by atoms with Gasteiger partial charge in [0.25, 0.3) is 0 Å². The van der Waals surface area contributed by atoms with Crippen LogP contribution < -0.4 is 0 Å². The molecule has 4 heteroatoms. The molecule has 1 saturated carbocycles. The molecule has 1 aromatic heterocycles. The molecular weight excluding hydrogens is 192 g/mol. The molecule has 4 nitrogen and oxygen atoms in total. The van der Waals surface area contributed by atoms with Crippen molar-refractivity contribution >= 4 is 11.5 Å². The number of oxime groups is 1. The number of carbonyl (C=O) groups is 1. The van der Waals surface area contributed by atoms with Gasteiger partial charge in [-0.05, 0) is 25.0 Å². The highest BCUT2D eigenvalue weighted by molar-refractivity contribution is 6.09. The maximum Gasteiger partial charge on any atom is 0.186 e. The molecule has 0 atom stereocenters. The molecule has 1 heterocycles. The lowest BCUT2D eigenvalue weighted by molar-refractivity contribution is 0.0994. The summed E-state index contributed by atoms with van der Waals surface area (Å²) in [6.07, 6.45) is 3.81. The lowest BCUT2D eigenvalue weighted by atomic mass is 10.1. The first-order valence-corrected chi connectivity index (χ1v) is 4.96. The van der Waals surface area contributed by atoms with Crippen molar-refractivity contribution in [2.75, 3.05) is 0 Å². The van der Waals surface area contributed by atoms with Crippen LogP contribution in [0.15, 0.2) is 29.6 Å². The highest BCUT2D eigenvalue weighted by Gasteiger charge is 2.29. The third-order valence-electron chi connectivity index (χ3n) is 2.47. The molecule has 1 aliphatic rings.